The molecule has 0 aliphatic rings. The molecule has 0 fully saturated rings. The van der Waals surface area contributed by atoms with Gasteiger partial charge in [-0.3, -0.25) is 4.79 Å². The van der Waals surface area contributed by atoms with Crippen LogP contribution in [-0.2, 0) is 9.53 Å². The first-order valence-corrected chi connectivity index (χ1v) is 6.73. The van der Waals surface area contributed by atoms with Gasteiger partial charge in [0.1, 0.15) is 5.60 Å². The number of nitrogens with two attached hydrogens (primary N) is 1. The van der Waals surface area contributed by atoms with Gasteiger partial charge in [-0.1, -0.05) is 20.3 Å². The van der Waals surface area contributed by atoms with Crippen LogP contribution in [0, 0.1) is 11.8 Å². The Labute approximate surface area is 106 Å². The number of ether oxygens (including phenoxy) is 1. The fourth-order valence-electron chi connectivity index (χ4n) is 1.79. The van der Waals surface area contributed by atoms with E-state index in [-0.39, 0.29) is 17.5 Å². The maximum atomic E-state index is 11.8. The smallest absolute Gasteiger partial charge is 0.309 e. The number of hydrogen-bond donors (Lipinski definition) is 1. The van der Waals surface area contributed by atoms with Crippen molar-refractivity contribution in [3.05, 3.63) is 0 Å². The largest absolute Gasteiger partial charge is 0.460 e. The van der Waals surface area contributed by atoms with Crippen LogP contribution >= 0.6 is 0 Å². The molecular formula is C14H29NO2. The van der Waals surface area contributed by atoms with E-state index in [2.05, 4.69) is 6.92 Å². The summed E-state index contributed by atoms with van der Waals surface area (Å²) in [5.74, 6) is 0.426. The summed E-state index contributed by atoms with van der Waals surface area (Å²) in [4.78, 5) is 11.8. The summed E-state index contributed by atoms with van der Waals surface area (Å²) in [5, 5.41) is 0. The molecule has 0 aliphatic heterocycles. The van der Waals surface area contributed by atoms with Crippen LogP contribution in [0.3, 0.4) is 0 Å². The van der Waals surface area contributed by atoms with Gasteiger partial charge in [0.2, 0.25) is 0 Å². The molecule has 102 valence electrons. The molecule has 3 nitrogen and oxygen atoms in total. The Morgan fingerprint density at radius 1 is 1.24 bits per heavy atom. The lowest BCUT2D eigenvalue weighted by Crippen LogP contribution is -2.28. The van der Waals surface area contributed by atoms with Crippen LogP contribution in [0.2, 0.25) is 0 Å². The predicted molar refractivity (Wildman–Crippen MR) is 71.7 cm³/mol. The van der Waals surface area contributed by atoms with Gasteiger partial charge in [-0.25, -0.2) is 0 Å². The van der Waals surface area contributed by atoms with Crippen LogP contribution in [0.5, 0.6) is 0 Å². The summed E-state index contributed by atoms with van der Waals surface area (Å²) in [6.45, 7) is 10.5. The zero-order chi connectivity index (χ0) is 13.5. The van der Waals surface area contributed by atoms with E-state index in [1.165, 1.54) is 0 Å². The number of carbonyl (C=O) groups excluding carboxylic acids is 1. The molecule has 2 unspecified atom stereocenters. The van der Waals surface area contributed by atoms with Gasteiger partial charge < -0.3 is 10.5 Å². The molecule has 0 aliphatic carbocycles. The average Bonchev–Trinajstić information content (AvgIpc) is 2.21. The van der Waals surface area contributed by atoms with E-state index in [9.17, 15) is 4.79 Å². The molecule has 0 saturated carbocycles. The topological polar surface area (TPSA) is 52.3 Å². The highest BCUT2D eigenvalue weighted by molar-refractivity contribution is 5.72. The Hall–Kier alpha value is -0.570. The molecule has 0 heterocycles. The number of esters is 1. The van der Waals surface area contributed by atoms with E-state index in [0.29, 0.717) is 5.92 Å². The molecule has 0 radical (unpaired) electrons. The lowest BCUT2D eigenvalue weighted by Gasteiger charge is -2.23. The minimum absolute atomic E-state index is 0.0277. The molecule has 0 rings (SSSR count). The SMILES string of the molecule is CCCC(CN)CCC(C)C(=O)OC(C)(C)C. The van der Waals surface area contributed by atoms with E-state index in [1.54, 1.807) is 0 Å². The molecule has 17 heavy (non-hydrogen) atoms. The minimum atomic E-state index is -0.387. The van der Waals surface area contributed by atoms with Crippen LogP contribution in [-0.4, -0.2) is 18.1 Å². The van der Waals surface area contributed by atoms with Gasteiger partial charge in [-0.05, 0) is 52.5 Å². The van der Waals surface area contributed by atoms with Gasteiger partial charge in [0.25, 0.3) is 0 Å². The highest BCUT2D eigenvalue weighted by Crippen LogP contribution is 2.19. The monoisotopic (exact) mass is 243 g/mol. The predicted octanol–water partition coefficient (Wildman–Crippen LogP) is 3.12. The first-order valence-electron chi connectivity index (χ1n) is 6.73. The van der Waals surface area contributed by atoms with Crippen LogP contribution in [0.25, 0.3) is 0 Å². The maximum absolute atomic E-state index is 11.8. The first kappa shape index (κ1) is 16.4. The van der Waals surface area contributed by atoms with E-state index in [1.807, 2.05) is 27.7 Å². The van der Waals surface area contributed by atoms with Gasteiger partial charge in [0, 0.05) is 0 Å². The second-order valence-corrected chi connectivity index (χ2v) is 5.90. The van der Waals surface area contributed by atoms with Crippen molar-refractivity contribution < 1.29 is 9.53 Å². The Kier molecular flexibility index (Phi) is 7.44. The van der Waals surface area contributed by atoms with Gasteiger partial charge in [-0.15, -0.1) is 0 Å². The standard InChI is InChI=1S/C14H29NO2/c1-6-7-12(10-15)9-8-11(2)13(16)17-14(3,4)5/h11-12H,6-10,15H2,1-5H3. The molecule has 2 atom stereocenters. The molecule has 0 aromatic heterocycles. The fraction of sp³-hybridized carbons (Fsp3) is 0.929. The van der Waals surface area contributed by atoms with E-state index >= 15 is 0 Å². The molecule has 0 aromatic carbocycles. The Morgan fingerprint density at radius 2 is 1.82 bits per heavy atom. The normalized spacial score (nSPS) is 15.4. The summed E-state index contributed by atoms with van der Waals surface area (Å²) >= 11 is 0. The van der Waals surface area contributed by atoms with Crippen LogP contribution in [0.15, 0.2) is 0 Å². The fourth-order valence-corrected chi connectivity index (χ4v) is 1.79. The lowest BCUT2D eigenvalue weighted by atomic mass is 9.93. The second kappa shape index (κ2) is 7.70. The Bertz CT molecular complexity index is 221. The van der Waals surface area contributed by atoms with Crippen LogP contribution in [0.4, 0.5) is 0 Å². The number of carbonyl (C=O) groups is 1. The van der Waals surface area contributed by atoms with Crippen LogP contribution < -0.4 is 5.73 Å². The van der Waals surface area contributed by atoms with Gasteiger partial charge >= 0.3 is 5.97 Å². The third-order valence-electron chi connectivity index (χ3n) is 2.85. The van der Waals surface area contributed by atoms with Crippen molar-refractivity contribution in [1.82, 2.24) is 0 Å². The number of hydrogen-bond acceptors (Lipinski definition) is 3. The zero-order valence-corrected chi connectivity index (χ0v) is 12.1. The quantitative estimate of drug-likeness (QED) is 0.699. The van der Waals surface area contributed by atoms with Crippen molar-refractivity contribution >= 4 is 5.97 Å². The first-order chi connectivity index (χ1) is 7.80. The van der Waals surface area contributed by atoms with Crippen molar-refractivity contribution in [3.8, 4) is 0 Å². The maximum Gasteiger partial charge on any atom is 0.309 e. The summed E-state index contributed by atoms with van der Waals surface area (Å²) in [5.41, 5.74) is 5.32. The van der Waals surface area contributed by atoms with Crippen molar-refractivity contribution in [3.63, 3.8) is 0 Å². The highest BCUT2D eigenvalue weighted by atomic mass is 16.6. The van der Waals surface area contributed by atoms with E-state index in [0.717, 1.165) is 32.2 Å². The molecule has 0 bridgehead atoms. The highest BCUT2D eigenvalue weighted by Gasteiger charge is 2.22. The summed E-state index contributed by atoms with van der Waals surface area (Å²) in [6.07, 6.45) is 4.20. The van der Waals surface area contributed by atoms with Crippen molar-refractivity contribution in [1.29, 1.82) is 0 Å². The summed E-state index contributed by atoms with van der Waals surface area (Å²) in [7, 11) is 0. The molecule has 0 spiro atoms. The summed E-state index contributed by atoms with van der Waals surface area (Å²) in [6, 6.07) is 0. The molecule has 0 amide bonds. The van der Waals surface area contributed by atoms with E-state index < -0.39 is 0 Å². The van der Waals surface area contributed by atoms with Crippen molar-refractivity contribution in [2.24, 2.45) is 17.6 Å². The zero-order valence-electron chi connectivity index (χ0n) is 12.1. The van der Waals surface area contributed by atoms with E-state index in [4.69, 9.17) is 10.5 Å². The van der Waals surface area contributed by atoms with Crippen LogP contribution in [0.1, 0.15) is 60.3 Å². The Balaban J connectivity index is 3.99. The van der Waals surface area contributed by atoms with Crippen molar-refractivity contribution in [2.75, 3.05) is 6.54 Å². The van der Waals surface area contributed by atoms with Crippen molar-refractivity contribution in [2.45, 2.75) is 65.9 Å². The van der Waals surface area contributed by atoms with Gasteiger partial charge in [0.15, 0.2) is 0 Å². The second-order valence-electron chi connectivity index (χ2n) is 5.90. The third-order valence-corrected chi connectivity index (χ3v) is 2.85. The molecule has 0 saturated heterocycles. The van der Waals surface area contributed by atoms with Gasteiger partial charge in [-0.2, -0.15) is 0 Å². The molecule has 2 N–H and O–H groups in total. The summed E-state index contributed by atoms with van der Waals surface area (Å²) < 4.78 is 5.36. The molecular weight excluding hydrogens is 214 g/mol. The molecule has 3 heteroatoms. The number of rotatable bonds is 7. The lowest BCUT2D eigenvalue weighted by molar-refractivity contribution is -0.159. The Morgan fingerprint density at radius 3 is 2.24 bits per heavy atom. The minimum Gasteiger partial charge on any atom is -0.460 e. The average molecular weight is 243 g/mol. The van der Waals surface area contributed by atoms with Gasteiger partial charge in [0.05, 0.1) is 5.92 Å². The third kappa shape index (κ3) is 8.19. The molecule has 0 aromatic rings.